The minimum Gasteiger partial charge on any atom is -0.473 e. The summed E-state index contributed by atoms with van der Waals surface area (Å²) in [7, 11) is 0. The van der Waals surface area contributed by atoms with Crippen LogP contribution in [0.4, 0.5) is 0 Å². The average molecular weight is 431 g/mol. The Hall–Kier alpha value is -2.35. The summed E-state index contributed by atoms with van der Waals surface area (Å²) >= 11 is 1.81. The summed E-state index contributed by atoms with van der Waals surface area (Å²) in [5.41, 5.74) is 2.90. The van der Waals surface area contributed by atoms with Crippen molar-refractivity contribution in [1.29, 1.82) is 0 Å². The zero-order valence-corrected chi connectivity index (χ0v) is 18.2. The lowest BCUT2D eigenvalue weighted by atomic mass is 10.1. The van der Waals surface area contributed by atoms with Crippen molar-refractivity contribution in [2.45, 2.75) is 24.3 Å². The lowest BCUT2D eigenvalue weighted by molar-refractivity contribution is -0.159. The lowest BCUT2D eigenvalue weighted by Gasteiger charge is -2.34. The Labute approximate surface area is 182 Å². The van der Waals surface area contributed by atoms with E-state index in [0.29, 0.717) is 0 Å². The van der Waals surface area contributed by atoms with Gasteiger partial charge < -0.3 is 15.1 Å². The third-order valence-corrected chi connectivity index (χ3v) is 5.74. The van der Waals surface area contributed by atoms with Crippen molar-refractivity contribution in [3.05, 3.63) is 65.7 Å². The number of hydrogen-bond acceptors (Lipinski definition) is 5. The van der Waals surface area contributed by atoms with E-state index in [0.717, 1.165) is 6.54 Å². The smallest absolute Gasteiger partial charge is 0.414 e. The van der Waals surface area contributed by atoms with Crippen LogP contribution in [0.3, 0.4) is 0 Å². The number of nitrogens with zero attached hydrogens (tertiary/aromatic N) is 2. The van der Waals surface area contributed by atoms with Crippen LogP contribution in [0.5, 0.6) is 0 Å². The monoisotopic (exact) mass is 430 g/mol. The highest BCUT2D eigenvalue weighted by atomic mass is 32.2. The molecule has 0 saturated carbocycles. The number of benzene rings is 2. The number of carboxylic acid groups (broad SMARTS) is 2. The first-order valence-corrected chi connectivity index (χ1v) is 11.3. The van der Waals surface area contributed by atoms with Gasteiger partial charge in [0, 0.05) is 37.6 Å². The number of carboxylic acids is 2. The number of aliphatic carboxylic acids is 2. The van der Waals surface area contributed by atoms with Crippen LogP contribution in [0, 0.1) is 0 Å². The molecule has 0 radical (unpaired) electrons. The molecular weight excluding hydrogens is 400 g/mol. The Kier molecular flexibility index (Phi) is 10.4. The molecule has 0 aromatic heterocycles. The zero-order chi connectivity index (χ0) is 21.8. The summed E-state index contributed by atoms with van der Waals surface area (Å²) in [6.45, 7) is 7.11. The summed E-state index contributed by atoms with van der Waals surface area (Å²) in [4.78, 5) is 24.8. The van der Waals surface area contributed by atoms with Crippen molar-refractivity contribution in [3.8, 4) is 0 Å². The SMILES string of the molecule is CSc1ccc(CN2CCN(CCCc3ccccc3)CC2)cc1.O=C(O)C(=O)O. The van der Waals surface area contributed by atoms with Gasteiger partial charge in [-0.2, -0.15) is 0 Å². The lowest BCUT2D eigenvalue weighted by Crippen LogP contribution is -2.46. The van der Waals surface area contributed by atoms with Crippen LogP contribution in [0.15, 0.2) is 59.5 Å². The van der Waals surface area contributed by atoms with Gasteiger partial charge in [-0.1, -0.05) is 42.5 Å². The van der Waals surface area contributed by atoms with Gasteiger partial charge in [0.15, 0.2) is 0 Å². The second-order valence-electron chi connectivity index (χ2n) is 7.17. The number of rotatable bonds is 7. The van der Waals surface area contributed by atoms with Gasteiger partial charge in [0.1, 0.15) is 0 Å². The zero-order valence-electron chi connectivity index (χ0n) is 17.4. The number of aryl methyl sites for hydroxylation is 1. The van der Waals surface area contributed by atoms with E-state index >= 15 is 0 Å². The molecule has 3 rings (SSSR count). The normalized spacial score (nSPS) is 14.6. The van der Waals surface area contributed by atoms with E-state index in [4.69, 9.17) is 19.8 Å². The molecule has 0 amide bonds. The van der Waals surface area contributed by atoms with E-state index in [1.165, 1.54) is 61.6 Å². The highest BCUT2D eigenvalue weighted by Crippen LogP contribution is 2.16. The van der Waals surface area contributed by atoms with Gasteiger partial charge in [-0.15, -0.1) is 11.8 Å². The molecule has 1 heterocycles. The van der Waals surface area contributed by atoms with Gasteiger partial charge in [0.2, 0.25) is 0 Å². The molecule has 7 heteroatoms. The van der Waals surface area contributed by atoms with Crippen molar-refractivity contribution >= 4 is 23.7 Å². The van der Waals surface area contributed by atoms with Crippen molar-refractivity contribution in [2.75, 3.05) is 39.0 Å². The standard InChI is InChI=1S/C21H28N2S.C2H2O4/c1-24-21-11-9-20(10-12-21)18-23-16-14-22(15-17-23)13-5-8-19-6-3-2-4-7-19;3-1(4)2(5)6/h2-4,6-7,9-12H,5,8,13-18H2,1H3;(H,3,4)(H,5,6). The first-order valence-electron chi connectivity index (χ1n) is 10.1. The first kappa shape index (κ1) is 23.9. The number of thioether (sulfide) groups is 1. The summed E-state index contributed by atoms with van der Waals surface area (Å²) in [5.74, 6) is -3.65. The molecule has 2 N–H and O–H groups in total. The van der Waals surface area contributed by atoms with E-state index in [1.54, 1.807) is 0 Å². The van der Waals surface area contributed by atoms with Crippen LogP contribution in [0.1, 0.15) is 17.5 Å². The van der Waals surface area contributed by atoms with Gasteiger partial charge >= 0.3 is 11.9 Å². The van der Waals surface area contributed by atoms with Crippen LogP contribution in [0.2, 0.25) is 0 Å². The molecule has 0 aliphatic carbocycles. The van der Waals surface area contributed by atoms with E-state index in [2.05, 4.69) is 70.7 Å². The summed E-state index contributed by atoms with van der Waals surface area (Å²) in [6, 6.07) is 19.9. The van der Waals surface area contributed by atoms with Gasteiger partial charge in [0.05, 0.1) is 0 Å². The Morgan fingerprint density at radius 2 is 1.40 bits per heavy atom. The number of hydrogen-bond donors (Lipinski definition) is 2. The Morgan fingerprint density at radius 3 is 1.93 bits per heavy atom. The molecule has 0 unspecified atom stereocenters. The molecule has 0 bridgehead atoms. The quantitative estimate of drug-likeness (QED) is 0.515. The van der Waals surface area contributed by atoms with Gasteiger partial charge in [0.25, 0.3) is 0 Å². The Balaban J connectivity index is 0.000000469. The predicted molar refractivity (Wildman–Crippen MR) is 120 cm³/mol. The summed E-state index contributed by atoms with van der Waals surface area (Å²) < 4.78 is 0. The van der Waals surface area contributed by atoms with Crippen molar-refractivity contribution in [2.24, 2.45) is 0 Å². The maximum Gasteiger partial charge on any atom is 0.414 e. The molecule has 1 fully saturated rings. The summed E-state index contributed by atoms with van der Waals surface area (Å²) in [5, 5.41) is 14.8. The number of piperazine rings is 1. The van der Waals surface area contributed by atoms with Crippen LogP contribution in [-0.4, -0.2) is 70.9 Å². The molecule has 30 heavy (non-hydrogen) atoms. The third-order valence-electron chi connectivity index (χ3n) is 5.00. The minimum absolute atomic E-state index is 1.09. The molecule has 6 nitrogen and oxygen atoms in total. The molecule has 162 valence electrons. The first-order chi connectivity index (χ1) is 14.5. The molecule has 1 saturated heterocycles. The topological polar surface area (TPSA) is 81.1 Å². The van der Waals surface area contributed by atoms with Crippen LogP contribution in [-0.2, 0) is 22.6 Å². The molecule has 1 aliphatic rings. The largest absolute Gasteiger partial charge is 0.473 e. The number of carbonyl (C=O) groups is 2. The summed E-state index contributed by atoms with van der Waals surface area (Å²) in [6.07, 6.45) is 4.59. The second kappa shape index (κ2) is 13.1. The average Bonchev–Trinajstić information content (AvgIpc) is 2.77. The van der Waals surface area contributed by atoms with Crippen molar-refractivity contribution in [1.82, 2.24) is 9.80 Å². The highest BCUT2D eigenvalue weighted by Gasteiger charge is 2.16. The second-order valence-corrected chi connectivity index (χ2v) is 8.04. The van der Waals surface area contributed by atoms with Crippen LogP contribution >= 0.6 is 11.8 Å². The molecular formula is C23H30N2O4S. The van der Waals surface area contributed by atoms with Crippen molar-refractivity contribution < 1.29 is 19.8 Å². The Bertz CT molecular complexity index is 764. The molecule has 0 atom stereocenters. The predicted octanol–water partition coefficient (Wildman–Crippen LogP) is 3.31. The fourth-order valence-corrected chi connectivity index (χ4v) is 3.72. The fraction of sp³-hybridized carbons (Fsp3) is 0.391. The van der Waals surface area contributed by atoms with Crippen LogP contribution in [0.25, 0.3) is 0 Å². The van der Waals surface area contributed by atoms with E-state index < -0.39 is 11.9 Å². The Morgan fingerprint density at radius 1 is 0.833 bits per heavy atom. The maximum atomic E-state index is 9.10. The third kappa shape index (κ3) is 8.98. The minimum atomic E-state index is -1.82. The molecule has 1 aliphatic heterocycles. The van der Waals surface area contributed by atoms with Crippen LogP contribution < -0.4 is 0 Å². The molecule has 2 aromatic rings. The molecule has 0 spiro atoms. The van der Waals surface area contributed by atoms with E-state index in [-0.39, 0.29) is 0 Å². The van der Waals surface area contributed by atoms with Gasteiger partial charge in [-0.25, -0.2) is 9.59 Å². The van der Waals surface area contributed by atoms with Gasteiger partial charge in [-0.05, 0) is 48.9 Å². The van der Waals surface area contributed by atoms with E-state index in [9.17, 15) is 0 Å². The highest BCUT2D eigenvalue weighted by molar-refractivity contribution is 7.98. The van der Waals surface area contributed by atoms with E-state index in [1.807, 2.05) is 11.8 Å². The maximum absolute atomic E-state index is 9.10. The van der Waals surface area contributed by atoms with Gasteiger partial charge in [-0.3, -0.25) is 4.90 Å². The molecule has 2 aromatic carbocycles. The van der Waals surface area contributed by atoms with Crippen molar-refractivity contribution in [3.63, 3.8) is 0 Å². The fourth-order valence-electron chi connectivity index (χ4n) is 3.31.